The van der Waals surface area contributed by atoms with Crippen molar-refractivity contribution in [3.05, 3.63) is 51.4 Å². The number of nitro groups is 1. The van der Waals surface area contributed by atoms with E-state index in [-0.39, 0.29) is 11.6 Å². The maximum Gasteiger partial charge on any atom is 0.293 e. The van der Waals surface area contributed by atoms with Crippen molar-refractivity contribution in [2.24, 2.45) is 0 Å². The molecule has 0 bridgehead atoms. The Balaban J connectivity index is 2.38. The Hall–Kier alpha value is -2.19. The average molecular weight is 349 g/mol. The first-order valence-corrected chi connectivity index (χ1v) is 7.89. The molecular weight excluding hydrogens is 334 g/mol. The second-order valence-corrected chi connectivity index (χ2v) is 6.66. The Morgan fingerprint density at radius 1 is 1.48 bits per heavy atom. The molecule has 2 rings (SSSR count). The van der Waals surface area contributed by atoms with Crippen LogP contribution in [-0.4, -0.2) is 40.7 Å². The first kappa shape index (κ1) is 17.2. The predicted molar refractivity (Wildman–Crippen MR) is 97.5 cm³/mol. The van der Waals surface area contributed by atoms with Crippen LogP contribution >= 0.6 is 24.0 Å². The third kappa shape index (κ3) is 3.59. The first-order chi connectivity index (χ1) is 10.8. The van der Waals surface area contributed by atoms with Crippen molar-refractivity contribution in [3.63, 3.8) is 0 Å². The second-order valence-electron chi connectivity index (χ2n) is 4.98. The van der Waals surface area contributed by atoms with Crippen LogP contribution in [0.25, 0.3) is 6.08 Å². The molecule has 8 heteroatoms. The number of benzene rings is 1. The van der Waals surface area contributed by atoms with Crippen molar-refractivity contribution in [2.45, 2.75) is 0 Å². The molecule has 1 saturated heterocycles. The SMILES string of the molecule is C=CCN1C(=O)/C(=C/c2ccc(N(C)C)c([N+](=O)[O-])c2)SC1=S. The Bertz CT molecular complexity index is 729. The molecule has 120 valence electrons. The Labute approximate surface area is 143 Å². The number of carbonyl (C=O) groups is 1. The van der Waals surface area contributed by atoms with Gasteiger partial charge in [0.2, 0.25) is 0 Å². The number of hydrogen-bond acceptors (Lipinski definition) is 6. The first-order valence-electron chi connectivity index (χ1n) is 6.67. The van der Waals surface area contributed by atoms with Crippen LogP contribution in [0, 0.1) is 10.1 Å². The predicted octanol–water partition coefficient (Wildman–Crippen LogP) is 3.05. The highest BCUT2D eigenvalue weighted by Crippen LogP contribution is 2.34. The van der Waals surface area contributed by atoms with Gasteiger partial charge in [0.25, 0.3) is 11.6 Å². The smallest absolute Gasteiger partial charge is 0.293 e. The van der Waals surface area contributed by atoms with Crippen LogP contribution in [0.15, 0.2) is 35.8 Å². The second kappa shape index (κ2) is 6.93. The zero-order valence-corrected chi connectivity index (χ0v) is 14.3. The molecule has 0 spiro atoms. The van der Waals surface area contributed by atoms with E-state index < -0.39 is 4.92 Å². The number of hydrogen-bond donors (Lipinski definition) is 0. The van der Waals surface area contributed by atoms with Gasteiger partial charge >= 0.3 is 0 Å². The van der Waals surface area contributed by atoms with Crippen LogP contribution in [0.5, 0.6) is 0 Å². The lowest BCUT2D eigenvalue weighted by Gasteiger charge is -2.12. The molecule has 1 amide bonds. The van der Waals surface area contributed by atoms with Crippen molar-refractivity contribution in [3.8, 4) is 0 Å². The topological polar surface area (TPSA) is 66.7 Å². The summed E-state index contributed by atoms with van der Waals surface area (Å²) in [4.78, 5) is 26.6. The maximum atomic E-state index is 12.3. The number of nitro benzene ring substituents is 1. The van der Waals surface area contributed by atoms with Gasteiger partial charge in [-0.1, -0.05) is 36.1 Å². The van der Waals surface area contributed by atoms with E-state index in [0.29, 0.717) is 27.0 Å². The Morgan fingerprint density at radius 3 is 2.74 bits per heavy atom. The zero-order chi connectivity index (χ0) is 17.1. The molecule has 1 aliphatic rings. The minimum absolute atomic E-state index is 0.00896. The van der Waals surface area contributed by atoms with Gasteiger partial charge in [-0.15, -0.1) is 6.58 Å². The molecule has 0 saturated carbocycles. The number of nitrogens with zero attached hydrogens (tertiary/aromatic N) is 3. The summed E-state index contributed by atoms with van der Waals surface area (Å²) >= 11 is 6.35. The largest absolute Gasteiger partial charge is 0.372 e. The fourth-order valence-corrected chi connectivity index (χ4v) is 3.37. The van der Waals surface area contributed by atoms with Crippen LogP contribution in [0.2, 0.25) is 0 Å². The number of thiocarbonyl (C=S) groups is 1. The molecule has 0 N–H and O–H groups in total. The molecule has 23 heavy (non-hydrogen) atoms. The van der Waals surface area contributed by atoms with E-state index >= 15 is 0 Å². The minimum Gasteiger partial charge on any atom is -0.372 e. The molecule has 0 atom stereocenters. The number of rotatable bonds is 5. The fraction of sp³-hybridized carbons (Fsp3) is 0.200. The minimum atomic E-state index is -0.435. The summed E-state index contributed by atoms with van der Waals surface area (Å²) in [5.74, 6) is -0.209. The molecule has 1 aromatic rings. The zero-order valence-electron chi connectivity index (χ0n) is 12.7. The summed E-state index contributed by atoms with van der Waals surface area (Å²) in [5.41, 5.74) is 1.08. The third-order valence-corrected chi connectivity index (χ3v) is 4.54. The van der Waals surface area contributed by atoms with Crippen molar-refractivity contribution in [1.82, 2.24) is 4.90 Å². The highest BCUT2D eigenvalue weighted by atomic mass is 32.2. The molecule has 1 aromatic carbocycles. The lowest BCUT2D eigenvalue weighted by atomic mass is 10.1. The van der Waals surface area contributed by atoms with Crippen LogP contribution in [0.3, 0.4) is 0 Å². The van der Waals surface area contributed by atoms with E-state index in [2.05, 4.69) is 6.58 Å². The van der Waals surface area contributed by atoms with Gasteiger partial charge in [-0.05, 0) is 17.7 Å². The molecule has 1 heterocycles. The van der Waals surface area contributed by atoms with Gasteiger partial charge in [0.15, 0.2) is 0 Å². The van der Waals surface area contributed by atoms with E-state index in [1.54, 1.807) is 43.3 Å². The lowest BCUT2D eigenvalue weighted by molar-refractivity contribution is -0.384. The molecule has 6 nitrogen and oxygen atoms in total. The monoisotopic (exact) mass is 349 g/mol. The number of anilines is 1. The van der Waals surface area contributed by atoms with Crippen LogP contribution in [0.4, 0.5) is 11.4 Å². The van der Waals surface area contributed by atoms with E-state index in [0.717, 1.165) is 0 Å². The molecule has 0 unspecified atom stereocenters. The molecule has 0 aromatic heterocycles. The highest BCUT2D eigenvalue weighted by molar-refractivity contribution is 8.26. The summed E-state index contributed by atoms with van der Waals surface area (Å²) in [6.07, 6.45) is 3.22. The number of thioether (sulfide) groups is 1. The Morgan fingerprint density at radius 2 is 2.17 bits per heavy atom. The van der Waals surface area contributed by atoms with E-state index in [9.17, 15) is 14.9 Å². The molecular formula is C15H15N3O3S2. The lowest BCUT2D eigenvalue weighted by Crippen LogP contribution is -2.27. The molecule has 1 fully saturated rings. The summed E-state index contributed by atoms with van der Waals surface area (Å²) in [7, 11) is 3.48. The third-order valence-electron chi connectivity index (χ3n) is 3.16. The van der Waals surface area contributed by atoms with Gasteiger partial charge in [0, 0.05) is 26.7 Å². The quantitative estimate of drug-likeness (QED) is 0.268. The van der Waals surface area contributed by atoms with Crippen molar-refractivity contribution >= 4 is 51.7 Å². The molecule has 1 aliphatic heterocycles. The van der Waals surface area contributed by atoms with Crippen molar-refractivity contribution in [1.29, 1.82) is 0 Å². The van der Waals surface area contributed by atoms with Gasteiger partial charge in [-0.3, -0.25) is 19.8 Å². The summed E-state index contributed by atoms with van der Waals surface area (Å²) in [6, 6.07) is 4.85. The van der Waals surface area contributed by atoms with Crippen LogP contribution < -0.4 is 4.90 Å². The van der Waals surface area contributed by atoms with Gasteiger partial charge in [-0.25, -0.2) is 0 Å². The van der Waals surface area contributed by atoms with Crippen molar-refractivity contribution in [2.75, 3.05) is 25.5 Å². The number of amides is 1. The average Bonchev–Trinajstić information content (AvgIpc) is 2.75. The van der Waals surface area contributed by atoms with E-state index in [4.69, 9.17) is 12.2 Å². The van der Waals surface area contributed by atoms with Crippen molar-refractivity contribution < 1.29 is 9.72 Å². The van der Waals surface area contributed by atoms with Gasteiger partial charge in [0.05, 0.1) is 9.83 Å². The van der Waals surface area contributed by atoms with Crippen LogP contribution in [0.1, 0.15) is 5.56 Å². The summed E-state index contributed by atoms with van der Waals surface area (Å²) in [6.45, 7) is 3.95. The van der Waals surface area contributed by atoms with E-state index in [1.807, 2.05) is 0 Å². The summed E-state index contributed by atoms with van der Waals surface area (Å²) in [5, 5.41) is 11.2. The van der Waals surface area contributed by atoms with Crippen LogP contribution in [-0.2, 0) is 4.79 Å². The molecule has 0 radical (unpaired) electrons. The fourth-order valence-electron chi connectivity index (χ4n) is 2.09. The van der Waals surface area contributed by atoms with Gasteiger partial charge in [-0.2, -0.15) is 0 Å². The maximum absolute atomic E-state index is 12.3. The van der Waals surface area contributed by atoms with E-state index in [1.165, 1.54) is 22.7 Å². The normalized spacial score (nSPS) is 16.1. The van der Waals surface area contributed by atoms with Gasteiger partial charge in [0.1, 0.15) is 10.0 Å². The standard InChI is InChI=1S/C15H15N3O3S2/c1-4-7-17-14(19)13(23-15(17)22)9-10-5-6-11(16(2)3)12(8-10)18(20)21/h4-6,8-9H,1,7H2,2-3H3/b13-9-. The molecule has 0 aliphatic carbocycles. The van der Waals surface area contributed by atoms with Gasteiger partial charge < -0.3 is 4.90 Å². The number of carbonyl (C=O) groups excluding carboxylic acids is 1. The highest BCUT2D eigenvalue weighted by Gasteiger charge is 2.31. The Kier molecular flexibility index (Phi) is 5.17. The summed E-state index contributed by atoms with van der Waals surface area (Å²) < 4.78 is 0.459.